The molecular weight excluding hydrogens is 372 g/mol. The Bertz CT molecular complexity index is 788. The molecule has 2 saturated heterocycles. The van der Waals surface area contributed by atoms with Crippen LogP contribution in [0.1, 0.15) is 12.8 Å². The fourth-order valence-corrected chi connectivity index (χ4v) is 4.94. The van der Waals surface area contributed by atoms with Crippen LogP contribution in [0.2, 0.25) is 5.02 Å². The minimum absolute atomic E-state index is 0.00221. The molecule has 0 unspecified atom stereocenters. The summed E-state index contributed by atoms with van der Waals surface area (Å²) in [6.07, 6.45) is 0.0362. The second-order valence-electron chi connectivity index (χ2n) is 5.75. The van der Waals surface area contributed by atoms with E-state index in [1.807, 2.05) is 0 Å². The van der Waals surface area contributed by atoms with Crippen LogP contribution in [0.3, 0.4) is 0 Å². The first kappa shape index (κ1) is 18.0. The van der Waals surface area contributed by atoms with Crippen LogP contribution in [-0.2, 0) is 19.6 Å². The minimum Gasteiger partial charge on any atom is -0.495 e. The van der Waals surface area contributed by atoms with Gasteiger partial charge >= 0.3 is 6.09 Å². The number of imide groups is 1. The second kappa shape index (κ2) is 6.81. The number of benzene rings is 1. The summed E-state index contributed by atoms with van der Waals surface area (Å²) in [5.41, 5.74) is 0. The average Bonchev–Trinajstić information content (AvgIpc) is 2.93. The molecule has 0 bridgehead atoms. The third-order valence-corrected chi connectivity index (χ3v) is 6.47. The van der Waals surface area contributed by atoms with Crippen LogP contribution in [0.15, 0.2) is 23.1 Å². The third-order valence-electron chi connectivity index (χ3n) is 4.32. The second-order valence-corrected chi connectivity index (χ2v) is 8.09. The van der Waals surface area contributed by atoms with Gasteiger partial charge < -0.3 is 9.47 Å². The molecule has 0 aliphatic carbocycles. The number of ether oxygens (including phenoxy) is 2. The molecule has 0 atom stereocenters. The Labute approximate surface area is 150 Å². The summed E-state index contributed by atoms with van der Waals surface area (Å²) in [6.45, 7) is 0.108. The number of nitrogens with zero attached hydrogens (tertiary/aromatic N) is 2. The highest BCUT2D eigenvalue weighted by molar-refractivity contribution is 7.89. The van der Waals surface area contributed by atoms with Crippen molar-refractivity contribution in [2.45, 2.75) is 23.8 Å². The van der Waals surface area contributed by atoms with Gasteiger partial charge in [-0.05, 0) is 31.0 Å². The fraction of sp³-hybridized carbons (Fsp3) is 0.467. The van der Waals surface area contributed by atoms with E-state index in [4.69, 9.17) is 21.1 Å². The van der Waals surface area contributed by atoms with Crippen molar-refractivity contribution < 1.29 is 27.5 Å². The van der Waals surface area contributed by atoms with Crippen LogP contribution >= 0.6 is 11.6 Å². The van der Waals surface area contributed by atoms with Crippen LogP contribution < -0.4 is 4.74 Å². The summed E-state index contributed by atoms with van der Waals surface area (Å²) in [7, 11) is -2.41. The van der Waals surface area contributed by atoms with Gasteiger partial charge in [-0.3, -0.25) is 4.79 Å². The molecule has 1 aromatic carbocycles. The van der Waals surface area contributed by atoms with E-state index in [0.29, 0.717) is 17.9 Å². The lowest BCUT2D eigenvalue weighted by Crippen LogP contribution is -2.48. The highest BCUT2D eigenvalue weighted by Gasteiger charge is 2.40. The summed E-state index contributed by atoms with van der Waals surface area (Å²) in [5.74, 6) is -0.173. The third kappa shape index (κ3) is 3.31. The molecule has 3 rings (SSSR count). The first-order valence-corrected chi connectivity index (χ1v) is 9.49. The van der Waals surface area contributed by atoms with Gasteiger partial charge in [-0.1, -0.05) is 11.6 Å². The van der Waals surface area contributed by atoms with E-state index >= 15 is 0 Å². The Hall–Kier alpha value is -1.84. The van der Waals surface area contributed by atoms with Gasteiger partial charge in [0.2, 0.25) is 10.0 Å². The molecule has 0 saturated carbocycles. The monoisotopic (exact) mass is 388 g/mol. The van der Waals surface area contributed by atoms with Gasteiger partial charge in [0.15, 0.2) is 6.61 Å². The van der Waals surface area contributed by atoms with Crippen LogP contribution in [-0.4, -0.2) is 62.5 Å². The lowest BCUT2D eigenvalue weighted by Gasteiger charge is -2.34. The van der Waals surface area contributed by atoms with Crippen molar-refractivity contribution in [1.82, 2.24) is 9.21 Å². The summed E-state index contributed by atoms with van der Waals surface area (Å²) in [4.78, 5) is 24.4. The molecule has 2 heterocycles. The van der Waals surface area contributed by atoms with E-state index in [1.54, 1.807) is 6.07 Å². The average molecular weight is 389 g/mol. The fourth-order valence-electron chi connectivity index (χ4n) is 3.05. The van der Waals surface area contributed by atoms with Crippen LogP contribution in [0.4, 0.5) is 4.79 Å². The smallest absolute Gasteiger partial charge is 0.417 e. The predicted molar refractivity (Wildman–Crippen MR) is 88.0 cm³/mol. The Morgan fingerprint density at radius 2 is 1.92 bits per heavy atom. The van der Waals surface area contributed by atoms with E-state index in [0.717, 1.165) is 4.90 Å². The zero-order valence-corrected chi connectivity index (χ0v) is 15.0. The standard InChI is InChI=1S/C15H17ClN2O6S/c1-23-12-3-2-10(16)8-13(12)25(21,22)17-6-4-11(5-7-17)18-14(19)9-24-15(18)20/h2-3,8,11H,4-7,9H2,1H3. The number of cyclic esters (lactones) is 1. The molecule has 2 aliphatic heterocycles. The molecule has 25 heavy (non-hydrogen) atoms. The number of rotatable bonds is 4. The number of methoxy groups -OCH3 is 1. The summed E-state index contributed by atoms with van der Waals surface area (Å²) < 4.78 is 36.9. The van der Waals surface area contributed by atoms with Crippen molar-refractivity contribution in [2.24, 2.45) is 0 Å². The molecule has 2 fully saturated rings. The molecule has 0 spiro atoms. The topological polar surface area (TPSA) is 93.2 Å². The molecule has 2 amide bonds. The quantitative estimate of drug-likeness (QED) is 0.775. The highest BCUT2D eigenvalue weighted by atomic mass is 35.5. The SMILES string of the molecule is COc1ccc(Cl)cc1S(=O)(=O)N1CCC(N2C(=O)COC2=O)CC1. The highest BCUT2D eigenvalue weighted by Crippen LogP contribution is 2.32. The zero-order valence-electron chi connectivity index (χ0n) is 13.5. The van der Waals surface area contributed by atoms with Crippen molar-refractivity contribution in [1.29, 1.82) is 0 Å². The van der Waals surface area contributed by atoms with Crippen LogP contribution in [0.25, 0.3) is 0 Å². The van der Waals surface area contributed by atoms with Gasteiger partial charge in [-0.15, -0.1) is 0 Å². The van der Waals surface area contributed by atoms with E-state index in [1.165, 1.54) is 23.5 Å². The molecule has 0 aromatic heterocycles. The Kier molecular flexibility index (Phi) is 4.90. The maximum absolute atomic E-state index is 12.9. The molecular formula is C15H17ClN2O6S. The van der Waals surface area contributed by atoms with Crippen molar-refractivity contribution in [3.05, 3.63) is 23.2 Å². The number of amides is 2. The van der Waals surface area contributed by atoms with Gasteiger partial charge in [-0.25, -0.2) is 18.1 Å². The molecule has 10 heteroatoms. The molecule has 8 nitrogen and oxygen atoms in total. The maximum Gasteiger partial charge on any atom is 0.417 e. The summed E-state index contributed by atoms with van der Waals surface area (Å²) in [5, 5.41) is 0.291. The van der Waals surface area contributed by atoms with E-state index < -0.39 is 16.1 Å². The van der Waals surface area contributed by atoms with Crippen molar-refractivity contribution in [3.63, 3.8) is 0 Å². The lowest BCUT2D eigenvalue weighted by molar-refractivity contribution is -0.127. The number of carbonyl (C=O) groups excluding carboxylic acids is 2. The first-order valence-electron chi connectivity index (χ1n) is 7.67. The molecule has 2 aliphatic rings. The molecule has 0 radical (unpaired) electrons. The number of hydrogen-bond acceptors (Lipinski definition) is 6. The van der Waals surface area contributed by atoms with Crippen LogP contribution in [0, 0.1) is 0 Å². The molecule has 1 aromatic rings. The largest absolute Gasteiger partial charge is 0.495 e. The number of halogens is 1. The minimum atomic E-state index is -3.80. The normalized spacial score (nSPS) is 20.0. The van der Waals surface area contributed by atoms with E-state index in [-0.39, 0.29) is 42.3 Å². The van der Waals surface area contributed by atoms with Crippen LogP contribution in [0.5, 0.6) is 5.75 Å². The summed E-state index contributed by atoms with van der Waals surface area (Å²) in [6, 6.07) is 4.05. The van der Waals surface area contributed by atoms with Crippen molar-refractivity contribution >= 4 is 33.6 Å². The van der Waals surface area contributed by atoms with Gasteiger partial charge in [0.1, 0.15) is 10.6 Å². The van der Waals surface area contributed by atoms with Crippen molar-refractivity contribution in [2.75, 3.05) is 26.8 Å². The number of carbonyl (C=O) groups is 2. The maximum atomic E-state index is 12.9. The molecule has 136 valence electrons. The Morgan fingerprint density at radius 3 is 2.48 bits per heavy atom. The number of piperidine rings is 1. The van der Waals surface area contributed by atoms with Gasteiger partial charge in [0.05, 0.1) is 7.11 Å². The Balaban J connectivity index is 1.77. The number of sulfonamides is 1. The van der Waals surface area contributed by atoms with Crippen molar-refractivity contribution in [3.8, 4) is 5.75 Å². The van der Waals surface area contributed by atoms with Gasteiger partial charge in [-0.2, -0.15) is 4.31 Å². The lowest BCUT2D eigenvalue weighted by atomic mass is 10.1. The van der Waals surface area contributed by atoms with E-state index in [9.17, 15) is 18.0 Å². The van der Waals surface area contributed by atoms with Gasteiger partial charge in [0, 0.05) is 24.2 Å². The zero-order chi connectivity index (χ0) is 18.2. The predicted octanol–water partition coefficient (Wildman–Crippen LogP) is 1.48. The molecule has 0 N–H and O–H groups in total. The Morgan fingerprint density at radius 1 is 1.24 bits per heavy atom. The van der Waals surface area contributed by atoms with E-state index in [2.05, 4.69) is 0 Å². The summed E-state index contributed by atoms with van der Waals surface area (Å²) >= 11 is 5.93. The van der Waals surface area contributed by atoms with Gasteiger partial charge in [0.25, 0.3) is 5.91 Å². The first-order chi connectivity index (χ1) is 11.8. The number of hydrogen-bond donors (Lipinski definition) is 0.